The van der Waals surface area contributed by atoms with Crippen LogP contribution in [0.4, 0.5) is 5.69 Å². The molecule has 4 nitrogen and oxygen atoms in total. The van der Waals surface area contributed by atoms with Crippen LogP contribution in [-0.2, 0) is 4.79 Å². The lowest BCUT2D eigenvalue weighted by molar-refractivity contribution is -0.111. The van der Waals surface area contributed by atoms with Crippen molar-refractivity contribution >= 4 is 23.4 Å². The first kappa shape index (κ1) is 16.0. The Labute approximate surface area is 134 Å². The Morgan fingerprint density at radius 3 is 2.55 bits per heavy atom. The average molecular weight is 315 g/mol. The summed E-state index contributed by atoms with van der Waals surface area (Å²) < 4.78 is 10.4. The standard InChI is InChI=1S/C17H17NO3S/c1-20-13-8-9-15(16(12-13)21-2)18-17(19)10-11-22-14-6-4-3-5-7-14/h3-12H,1-2H3,(H,18,19). The summed E-state index contributed by atoms with van der Waals surface area (Å²) in [6.45, 7) is 0. The Morgan fingerprint density at radius 1 is 1.09 bits per heavy atom. The van der Waals surface area contributed by atoms with Crippen molar-refractivity contribution in [3.05, 3.63) is 60.0 Å². The van der Waals surface area contributed by atoms with E-state index in [-0.39, 0.29) is 5.91 Å². The lowest BCUT2D eigenvalue weighted by Gasteiger charge is -2.10. The van der Waals surface area contributed by atoms with Gasteiger partial charge in [-0.15, -0.1) is 0 Å². The molecule has 0 spiro atoms. The number of amides is 1. The van der Waals surface area contributed by atoms with Crippen LogP contribution < -0.4 is 14.8 Å². The number of thioether (sulfide) groups is 1. The van der Waals surface area contributed by atoms with Crippen molar-refractivity contribution in [2.45, 2.75) is 4.90 Å². The van der Waals surface area contributed by atoms with Gasteiger partial charge in [-0.05, 0) is 29.7 Å². The highest BCUT2D eigenvalue weighted by Gasteiger charge is 2.06. The third kappa shape index (κ3) is 4.56. The van der Waals surface area contributed by atoms with Gasteiger partial charge in [0.15, 0.2) is 0 Å². The van der Waals surface area contributed by atoms with Crippen LogP contribution in [0.15, 0.2) is 64.9 Å². The zero-order chi connectivity index (χ0) is 15.8. The minimum atomic E-state index is -0.216. The summed E-state index contributed by atoms with van der Waals surface area (Å²) in [7, 11) is 3.13. The van der Waals surface area contributed by atoms with Gasteiger partial charge in [0.2, 0.25) is 5.91 Å². The number of carbonyl (C=O) groups excluding carboxylic acids is 1. The Balaban J connectivity index is 1.97. The molecule has 0 unspecified atom stereocenters. The lowest BCUT2D eigenvalue weighted by Crippen LogP contribution is -2.08. The van der Waals surface area contributed by atoms with Crippen LogP contribution in [0.1, 0.15) is 0 Å². The first-order chi connectivity index (χ1) is 10.7. The number of hydrogen-bond donors (Lipinski definition) is 1. The van der Waals surface area contributed by atoms with Gasteiger partial charge < -0.3 is 14.8 Å². The highest BCUT2D eigenvalue weighted by molar-refractivity contribution is 8.02. The minimum absolute atomic E-state index is 0.216. The van der Waals surface area contributed by atoms with E-state index in [2.05, 4.69) is 5.32 Å². The third-order valence-corrected chi connectivity index (χ3v) is 3.65. The smallest absolute Gasteiger partial charge is 0.248 e. The summed E-state index contributed by atoms with van der Waals surface area (Å²) in [5.74, 6) is 1.01. The van der Waals surface area contributed by atoms with E-state index in [1.54, 1.807) is 37.8 Å². The maximum atomic E-state index is 11.9. The summed E-state index contributed by atoms with van der Waals surface area (Å²) in [5, 5.41) is 4.53. The maximum absolute atomic E-state index is 11.9. The molecule has 5 heteroatoms. The molecule has 2 rings (SSSR count). The molecule has 0 bridgehead atoms. The van der Waals surface area contributed by atoms with Crippen LogP contribution in [-0.4, -0.2) is 20.1 Å². The molecule has 0 radical (unpaired) electrons. The molecule has 2 aromatic carbocycles. The van der Waals surface area contributed by atoms with E-state index in [1.165, 1.54) is 17.8 Å². The van der Waals surface area contributed by atoms with E-state index in [9.17, 15) is 4.79 Å². The van der Waals surface area contributed by atoms with Crippen molar-refractivity contribution in [3.8, 4) is 11.5 Å². The van der Waals surface area contributed by atoms with E-state index >= 15 is 0 Å². The molecule has 2 aromatic rings. The van der Waals surface area contributed by atoms with Crippen LogP contribution in [0.25, 0.3) is 0 Å². The summed E-state index contributed by atoms with van der Waals surface area (Å²) in [4.78, 5) is 13.0. The van der Waals surface area contributed by atoms with Crippen LogP contribution in [0.3, 0.4) is 0 Å². The highest BCUT2D eigenvalue weighted by atomic mass is 32.2. The van der Waals surface area contributed by atoms with Gasteiger partial charge in [-0.25, -0.2) is 0 Å². The van der Waals surface area contributed by atoms with Gasteiger partial charge in [0.25, 0.3) is 0 Å². The fourth-order valence-corrected chi connectivity index (χ4v) is 2.41. The number of nitrogens with one attached hydrogen (secondary N) is 1. The van der Waals surface area contributed by atoms with E-state index in [0.29, 0.717) is 17.2 Å². The summed E-state index contributed by atoms with van der Waals surface area (Å²) in [6.07, 6.45) is 1.49. The second-order valence-electron chi connectivity index (χ2n) is 4.29. The van der Waals surface area contributed by atoms with Gasteiger partial charge >= 0.3 is 0 Å². The number of ether oxygens (including phenoxy) is 2. The minimum Gasteiger partial charge on any atom is -0.497 e. The number of rotatable bonds is 6. The normalized spacial score (nSPS) is 10.5. The van der Waals surface area contributed by atoms with Crippen molar-refractivity contribution in [2.75, 3.05) is 19.5 Å². The van der Waals surface area contributed by atoms with Crippen LogP contribution in [0.2, 0.25) is 0 Å². The van der Waals surface area contributed by atoms with Gasteiger partial charge in [-0.3, -0.25) is 4.79 Å². The Bertz CT molecular complexity index is 656. The quantitative estimate of drug-likeness (QED) is 0.648. The maximum Gasteiger partial charge on any atom is 0.248 e. The number of methoxy groups -OCH3 is 2. The van der Waals surface area contributed by atoms with Gasteiger partial charge in [-0.2, -0.15) is 0 Å². The fraction of sp³-hybridized carbons (Fsp3) is 0.118. The molecule has 0 aromatic heterocycles. The molecule has 0 aliphatic rings. The summed E-state index contributed by atoms with van der Waals surface area (Å²) >= 11 is 1.48. The Hall–Kier alpha value is -2.40. The topological polar surface area (TPSA) is 47.6 Å². The molecule has 0 saturated carbocycles. The zero-order valence-electron chi connectivity index (χ0n) is 12.4. The molecule has 0 fully saturated rings. The summed E-state index contributed by atoms with van der Waals surface area (Å²) in [5.41, 5.74) is 0.600. The van der Waals surface area contributed by atoms with Crippen molar-refractivity contribution < 1.29 is 14.3 Å². The zero-order valence-corrected chi connectivity index (χ0v) is 13.2. The predicted octanol–water partition coefficient (Wildman–Crippen LogP) is 3.95. The van der Waals surface area contributed by atoms with E-state index < -0.39 is 0 Å². The fourth-order valence-electron chi connectivity index (χ4n) is 1.75. The van der Waals surface area contributed by atoms with Crippen molar-refractivity contribution in [3.63, 3.8) is 0 Å². The first-order valence-electron chi connectivity index (χ1n) is 6.64. The Morgan fingerprint density at radius 2 is 1.86 bits per heavy atom. The molecule has 0 aliphatic carbocycles. The molecular formula is C17H17NO3S. The second-order valence-corrected chi connectivity index (χ2v) is 5.27. The van der Waals surface area contributed by atoms with E-state index in [1.807, 2.05) is 30.3 Å². The number of anilines is 1. The predicted molar refractivity (Wildman–Crippen MR) is 89.6 cm³/mol. The van der Waals surface area contributed by atoms with Gasteiger partial charge in [-0.1, -0.05) is 30.0 Å². The Kier molecular flexibility index (Phi) is 5.91. The first-order valence-corrected chi connectivity index (χ1v) is 7.52. The van der Waals surface area contributed by atoms with Crippen LogP contribution in [0, 0.1) is 0 Å². The molecule has 22 heavy (non-hydrogen) atoms. The highest BCUT2D eigenvalue weighted by Crippen LogP contribution is 2.29. The van der Waals surface area contributed by atoms with Gasteiger partial charge in [0.05, 0.1) is 19.9 Å². The second kappa shape index (κ2) is 8.14. The van der Waals surface area contributed by atoms with Crippen LogP contribution >= 0.6 is 11.8 Å². The molecule has 0 heterocycles. The van der Waals surface area contributed by atoms with Gasteiger partial charge in [0, 0.05) is 17.0 Å². The van der Waals surface area contributed by atoms with Crippen LogP contribution in [0.5, 0.6) is 11.5 Å². The molecule has 0 aliphatic heterocycles. The van der Waals surface area contributed by atoms with Crippen molar-refractivity contribution in [2.24, 2.45) is 0 Å². The third-order valence-electron chi connectivity index (χ3n) is 2.83. The van der Waals surface area contributed by atoms with Crippen molar-refractivity contribution in [1.82, 2.24) is 0 Å². The SMILES string of the molecule is COc1ccc(NC(=O)C=CSc2ccccc2)c(OC)c1. The number of carbonyl (C=O) groups is 1. The van der Waals surface area contributed by atoms with E-state index in [0.717, 1.165) is 4.90 Å². The molecular weight excluding hydrogens is 298 g/mol. The monoisotopic (exact) mass is 315 g/mol. The van der Waals surface area contributed by atoms with Gasteiger partial charge in [0.1, 0.15) is 11.5 Å². The molecule has 0 atom stereocenters. The molecule has 0 saturated heterocycles. The molecule has 114 valence electrons. The van der Waals surface area contributed by atoms with Crippen molar-refractivity contribution in [1.29, 1.82) is 0 Å². The molecule has 1 N–H and O–H groups in total. The summed E-state index contributed by atoms with van der Waals surface area (Å²) in [6, 6.07) is 15.1. The average Bonchev–Trinajstić information content (AvgIpc) is 2.56. The lowest BCUT2D eigenvalue weighted by atomic mass is 10.2. The number of hydrogen-bond acceptors (Lipinski definition) is 4. The number of benzene rings is 2. The largest absolute Gasteiger partial charge is 0.497 e. The molecule has 1 amide bonds. The van der Waals surface area contributed by atoms with E-state index in [4.69, 9.17) is 9.47 Å².